The second-order valence-corrected chi connectivity index (χ2v) is 9.76. The van der Waals surface area contributed by atoms with Crippen LogP contribution < -0.4 is 5.32 Å². The Morgan fingerprint density at radius 3 is 2.31 bits per heavy atom. The van der Waals surface area contributed by atoms with Gasteiger partial charge in [-0.1, -0.05) is 20.8 Å². The second kappa shape index (κ2) is 7.00. The molecule has 2 unspecified atom stereocenters. The van der Waals surface area contributed by atoms with E-state index in [4.69, 9.17) is 9.47 Å². The molecule has 0 bridgehead atoms. The molecule has 2 amide bonds. The summed E-state index contributed by atoms with van der Waals surface area (Å²) in [6.07, 6.45) is -1.03. The molecule has 3 atom stereocenters. The number of rotatable bonds is 1. The van der Waals surface area contributed by atoms with Crippen molar-refractivity contribution in [2.24, 2.45) is 5.41 Å². The lowest BCUT2D eigenvalue weighted by molar-refractivity contribution is -0.144. The van der Waals surface area contributed by atoms with Gasteiger partial charge >= 0.3 is 6.09 Å². The summed E-state index contributed by atoms with van der Waals surface area (Å²) in [7, 11) is 0. The highest BCUT2D eigenvalue weighted by atomic mass is 16.6. The first-order valence-corrected chi connectivity index (χ1v) is 9.42. The molecule has 2 rings (SSSR count). The number of nitrogens with zero attached hydrogens (tertiary/aromatic N) is 2. The molecule has 2 aliphatic heterocycles. The Balaban J connectivity index is 2.34. The SMILES string of the molecule is C[C@@H]1CN(C(=O)C2(C)COC(C(C)(C)C)N2C(=O)OC(C)(C)C)CCN1. The summed E-state index contributed by atoms with van der Waals surface area (Å²) in [6.45, 7) is 17.5. The minimum atomic E-state index is -1.07. The van der Waals surface area contributed by atoms with Crippen molar-refractivity contribution in [2.45, 2.75) is 78.8 Å². The molecule has 0 aromatic heterocycles. The van der Waals surface area contributed by atoms with Crippen LogP contribution in [0.2, 0.25) is 0 Å². The van der Waals surface area contributed by atoms with Crippen molar-refractivity contribution >= 4 is 12.0 Å². The number of ether oxygens (including phenoxy) is 2. The average molecular weight is 370 g/mol. The molecule has 26 heavy (non-hydrogen) atoms. The lowest BCUT2D eigenvalue weighted by atomic mass is 9.91. The van der Waals surface area contributed by atoms with Gasteiger partial charge in [0.2, 0.25) is 0 Å². The minimum Gasteiger partial charge on any atom is -0.444 e. The zero-order valence-corrected chi connectivity index (χ0v) is 17.5. The molecule has 0 spiro atoms. The summed E-state index contributed by atoms with van der Waals surface area (Å²) in [5.41, 5.74) is -2.06. The number of hydrogen-bond acceptors (Lipinski definition) is 5. The predicted octanol–water partition coefficient (Wildman–Crippen LogP) is 2.20. The highest BCUT2D eigenvalue weighted by molar-refractivity contribution is 5.90. The fraction of sp³-hybridized carbons (Fsp3) is 0.895. The van der Waals surface area contributed by atoms with Crippen LogP contribution in [0.1, 0.15) is 55.4 Å². The van der Waals surface area contributed by atoms with Crippen molar-refractivity contribution in [2.75, 3.05) is 26.2 Å². The van der Waals surface area contributed by atoms with Gasteiger partial charge < -0.3 is 19.7 Å². The van der Waals surface area contributed by atoms with Gasteiger partial charge in [-0.25, -0.2) is 4.79 Å². The van der Waals surface area contributed by atoms with Crippen LogP contribution in [0, 0.1) is 5.41 Å². The predicted molar refractivity (Wildman–Crippen MR) is 99.7 cm³/mol. The van der Waals surface area contributed by atoms with Gasteiger partial charge in [-0.2, -0.15) is 0 Å². The Bertz CT molecular complexity index is 552. The van der Waals surface area contributed by atoms with Crippen molar-refractivity contribution in [1.82, 2.24) is 15.1 Å². The van der Waals surface area contributed by atoms with E-state index in [1.165, 1.54) is 4.90 Å². The Labute approximate surface area is 157 Å². The summed E-state index contributed by atoms with van der Waals surface area (Å²) < 4.78 is 11.6. The molecule has 0 radical (unpaired) electrons. The highest BCUT2D eigenvalue weighted by Crippen LogP contribution is 2.39. The van der Waals surface area contributed by atoms with Crippen LogP contribution >= 0.6 is 0 Å². The smallest absolute Gasteiger partial charge is 0.413 e. The molecule has 150 valence electrons. The van der Waals surface area contributed by atoms with Crippen LogP contribution in [-0.4, -0.2) is 71.5 Å². The second-order valence-electron chi connectivity index (χ2n) is 9.76. The lowest BCUT2D eigenvalue weighted by Crippen LogP contribution is -2.64. The molecule has 1 N–H and O–H groups in total. The zero-order chi connectivity index (χ0) is 19.9. The number of nitrogens with one attached hydrogen (secondary N) is 1. The van der Waals surface area contributed by atoms with E-state index in [9.17, 15) is 9.59 Å². The number of carbonyl (C=O) groups excluding carboxylic acids is 2. The first-order valence-electron chi connectivity index (χ1n) is 9.42. The van der Waals surface area contributed by atoms with Gasteiger partial charge in [0.25, 0.3) is 5.91 Å². The fourth-order valence-electron chi connectivity index (χ4n) is 3.51. The highest BCUT2D eigenvalue weighted by Gasteiger charge is 2.57. The number of piperazine rings is 1. The molecule has 0 aliphatic carbocycles. The van der Waals surface area contributed by atoms with E-state index < -0.39 is 23.5 Å². The zero-order valence-electron chi connectivity index (χ0n) is 17.5. The van der Waals surface area contributed by atoms with Gasteiger partial charge in [-0.15, -0.1) is 0 Å². The topological polar surface area (TPSA) is 71.1 Å². The van der Waals surface area contributed by atoms with Crippen LogP contribution in [0.3, 0.4) is 0 Å². The van der Waals surface area contributed by atoms with Gasteiger partial charge in [0, 0.05) is 31.1 Å². The number of amides is 2. The van der Waals surface area contributed by atoms with Gasteiger partial charge in [-0.3, -0.25) is 9.69 Å². The normalized spacial score (nSPS) is 30.5. The Hall–Kier alpha value is -1.34. The van der Waals surface area contributed by atoms with Gasteiger partial charge in [0.15, 0.2) is 0 Å². The van der Waals surface area contributed by atoms with E-state index in [0.29, 0.717) is 13.1 Å². The Morgan fingerprint density at radius 1 is 1.19 bits per heavy atom. The molecular formula is C19H35N3O4. The van der Waals surface area contributed by atoms with E-state index in [1.807, 2.05) is 46.4 Å². The standard InChI is InChI=1S/C19H35N3O4/c1-13-11-21(10-9-20-13)14(23)19(8)12-25-15(17(2,3)4)22(19)16(24)26-18(5,6)7/h13,15,20H,9-12H2,1-8H3/t13-,15?,19?/m1/s1. The molecule has 7 heteroatoms. The Morgan fingerprint density at radius 2 is 1.81 bits per heavy atom. The molecule has 2 heterocycles. The van der Waals surface area contributed by atoms with Gasteiger partial charge in [-0.05, 0) is 34.6 Å². The van der Waals surface area contributed by atoms with Crippen molar-refractivity contribution in [3.8, 4) is 0 Å². The third kappa shape index (κ3) is 4.31. The lowest BCUT2D eigenvalue weighted by Gasteiger charge is -2.43. The summed E-state index contributed by atoms with van der Waals surface area (Å²) in [5, 5.41) is 3.34. The van der Waals surface area contributed by atoms with E-state index >= 15 is 0 Å². The first-order chi connectivity index (χ1) is 11.8. The molecule has 2 fully saturated rings. The number of carbonyl (C=O) groups is 2. The van der Waals surface area contributed by atoms with Crippen molar-refractivity contribution in [3.63, 3.8) is 0 Å². The van der Waals surface area contributed by atoms with E-state index in [1.54, 1.807) is 6.92 Å². The van der Waals surface area contributed by atoms with Crippen molar-refractivity contribution < 1.29 is 19.1 Å². The molecule has 7 nitrogen and oxygen atoms in total. The maximum atomic E-state index is 13.4. The van der Waals surface area contributed by atoms with E-state index in [2.05, 4.69) is 12.2 Å². The van der Waals surface area contributed by atoms with Crippen LogP contribution in [0.25, 0.3) is 0 Å². The largest absolute Gasteiger partial charge is 0.444 e. The van der Waals surface area contributed by atoms with E-state index in [-0.39, 0.29) is 24.0 Å². The van der Waals surface area contributed by atoms with Crippen LogP contribution in [0.5, 0.6) is 0 Å². The summed E-state index contributed by atoms with van der Waals surface area (Å²) >= 11 is 0. The summed E-state index contributed by atoms with van der Waals surface area (Å²) in [5.74, 6) is -0.0801. The van der Waals surface area contributed by atoms with Crippen molar-refractivity contribution in [3.05, 3.63) is 0 Å². The fourth-order valence-corrected chi connectivity index (χ4v) is 3.51. The van der Waals surface area contributed by atoms with Crippen LogP contribution in [-0.2, 0) is 14.3 Å². The van der Waals surface area contributed by atoms with Crippen LogP contribution in [0.4, 0.5) is 4.79 Å². The molecule has 2 aliphatic rings. The molecule has 0 aromatic rings. The summed E-state index contributed by atoms with van der Waals surface area (Å²) in [6, 6.07) is 0.229. The maximum Gasteiger partial charge on any atom is 0.413 e. The van der Waals surface area contributed by atoms with Crippen LogP contribution in [0.15, 0.2) is 0 Å². The third-order valence-electron chi connectivity index (χ3n) is 4.74. The first kappa shape index (κ1) is 21.0. The number of hydrogen-bond donors (Lipinski definition) is 1. The monoisotopic (exact) mass is 369 g/mol. The van der Waals surface area contributed by atoms with E-state index in [0.717, 1.165) is 6.54 Å². The van der Waals surface area contributed by atoms with Gasteiger partial charge in [0.1, 0.15) is 17.4 Å². The summed E-state index contributed by atoms with van der Waals surface area (Å²) in [4.78, 5) is 29.8. The molecule has 0 saturated carbocycles. The average Bonchev–Trinajstić information content (AvgIpc) is 2.84. The van der Waals surface area contributed by atoms with Crippen molar-refractivity contribution in [1.29, 1.82) is 0 Å². The minimum absolute atomic E-state index is 0.0801. The molecule has 0 aromatic carbocycles. The van der Waals surface area contributed by atoms with Gasteiger partial charge in [0.05, 0.1) is 6.61 Å². The maximum absolute atomic E-state index is 13.4. The molecular weight excluding hydrogens is 334 g/mol. The third-order valence-corrected chi connectivity index (χ3v) is 4.74. The Kier molecular flexibility index (Phi) is 5.64. The quantitative estimate of drug-likeness (QED) is 0.767. The molecule has 2 saturated heterocycles.